The zero-order chi connectivity index (χ0) is 18.8. The van der Waals surface area contributed by atoms with E-state index in [1.165, 1.54) is 0 Å². The second-order valence-electron chi connectivity index (χ2n) is 6.04. The van der Waals surface area contributed by atoms with Crippen LogP contribution in [-0.2, 0) is 0 Å². The van der Waals surface area contributed by atoms with Crippen molar-refractivity contribution in [3.8, 4) is 11.5 Å². The Morgan fingerprint density at radius 1 is 1.04 bits per heavy atom. The summed E-state index contributed by atoms with van der Waals surface area (Å²) < 4.78 is 10.5. The number of benzene rings is 2. The Bertz CT molecular complexity index is 1010. The summed E-state index contributed by atoms with van der Waals surface area (Å²) in [7, 11) is 0. The molecule has 136 valence electrons. The van der Waals surface area contributed by atoms with Crippen molar-refractivity contribution < 1.29 is 14.3 Å². The van der Waals surface area contributed by atoms with Gasteiger partial charge in [-0.05, 0) is 55.0 Å². The molecule has 0 bridgehead atoms. The SMILES string of the molecule is Cc1ccc(Nc2ccc(NC(=O)c3ccc4c(c3)OCO4)nc2)cc1Cl. The number of amides is 1. The maximum atomic E-state index is 12.4. The summed E-state index contributed by atoms with van der Waals surface area (Å²) in [5.41, 5.74) is 3.14. The molecule has 1 aliphatic heterocycles. The lowest BCUT2D eigenvalue weighted by atomic mass is 10.2. The number of rotatable bonds is 4. The summed E-state index contributed by atoms with van der Waals surface area (Å²) in [5, 5.41) is 6.68. The third kappa shape index (κ3) is 3.80. The van der Waals surface area contributed by atoms with Crippen LogP contribution in [0.25, 0.3) is 0 Å². The van der Waals surface area contributed by atoms with Crippen LogP contribution in [0.5, 0.6) is 11.5 Å². The standard InChI is InChI=1S/C20H16ClN3O3/c1-12-2-4-14(9-16(12)21)23-15-5-7-19(22-10-15)24-20(25)13-3-6-17-18(8-13)27-11-26-17/h2-10,23H,11H2,1H3,(H,22,24,25). The van der Waals surface area contributed by atoms with Crippen LogP contribution < -0.4 is 20.1 Å². The average Bonchev–Trinajstić information content (AvgIpc) is 3.14. The molecular weight excluding hydrogens is 366 g/mol. The molecule has 2 heterocycles. The maximum absolute atomic E-state index is 12.4. The second-order valence-corrected chi connectivity index (χ2v) is 6.45. The quantitative estimate of drug-likeness (QED) is 0.681. The molecule has 1 aliphatic rings. The highest BCUT2D eigenvalue weighted by molar-refractivity contribution is 6.31. The number of carbonyl (C=O) groups is 1. The smallest absolute Gasteiger partial charge is 0.256 e. The molecule has 2 aromatic carbocycles. The molecule has 1 aromatic heterocycles. The largest absolute Gasteiger partial charge is 0.454 e. The van der Waals surface area contributed by atoms with E-state index in [4.69, 9.17) is 21.1 Å². The van der Waals surface area contributed by atoms with Gasteiger partial charge in [-0.15, -0.1) is 0 Å². The molecule has 4 rings (SSSR count). The number of ether oxygens (including phenoxy) is 2. The number of nitrogens with zero attached hydrogens (tertiary/aromatic N) is 1. The van der Waals surface area contributed by atoms with E-state index in [2.05, 4.69) is 15.6 Å². The van der Waals surface area contributed by atoms with E-state index in [9.17, 15) is 4.79 Å². The highest BCUT2D eigenvalue weighted by Crippen LogP contribution is 2.32. The van der Waals surface area contributed by atoms with Crippen LogP contribution in [-0.4, -0.2) is 17.7 Å². The van der Waals surface area contributed by atoms with Crippen LogP contribution in [0.15, 0.2) is 54.7 Å². The summed E-state index contributed by atoms with van der Waals surface area (Å²) in [4.78, 5) is 16.7. The molecule has 0 spiro atoms. The van der Waals surface area contributed by atoms with Gasteiger partial charge in [0, 0.05) is 16.3 Å². The topological polar surface area (TPSA) is 72.5 Å². The monoisotopic (exact) mass is 381 g/mol. The predicted molar refractivity (Wildman–Crippen MR) is 104 cm³/mol. The first-order chi connectivity index (χ1) is 13.1. The molecule has 0 atom stereocenters. The fraction of sp³-hybridized carbons (Fsp3) is 0.100. The van der Waals surface area contributed by atoms with Crippen LogP contribution in [0.2, 0.25) is 5.02 Å². The summed E-state index contributed by atoms with van der Waals surface area (Å²) in [5.74, 6) is 1.38. The number of halogens is 1. The van der Waals surface area contributed by atoms with Crippen molar-refractivity contribution in [3.05, 3.63) is 70.9 Å². The molecule has 0 fully saturated rings. The molecule has 0 unspecified atom stereocenters. The number of aryl methyl sites for hydroxylation is 1. The molecule has 0 aliphatic carbocycles. The van der Waals surface area contributed by atoms with Crippen LogP contribution in [0.4, 0.5) is 17.2 Å². The Morgan fingerprint density at radius 3 is 2.63 bits per heavy atom. The lowest BCUT2D eigenvalue weighted by Gasteiger charge is -2.09. The fourth-order valence-electron chi connectivity index (χ4n) is 2.61. The minimum absolute atomic E-state index is 0.169. The first-order valence-corrected chi connectivity index (χ1v) is 8.66. The van der Waals surface area contributed by atoms with Gasteiger partial charge in [0.2, 0.25) is 6.79 Å². The van der Waals surface area contributed by atoms with Crippen molar-refractivity contribution in [1.82, 2.24) is 4.98 Å². The predicted octanol–water partition coefficient (Wildman–Crippen LogP) is 4.77. The molecular formula is C20H16ClN3O3. The Kier molecular flexibility index (Phi) is 4.56. The van der Waals surface area contributed by atoms with Crippen molar-refractivity contribution in [2.24, 2.45) is 0 Å². The molecule has 3 aromatic rings. The first-order valence-electron chi connectivity index (χ1n) is 8.29. The average molecular weight is 382 g/mol. The van der Waals surface area contributed by atoms with E-state index in [0.717, 1.165) is 16.9 Å². The van der Waals surface area contributed by atoms with E-state index >= 15 is 0 Å². The Morgan fingerprint density at radius 2 is 1.85 bits per heavy atom. The van der Waals surface area contributed by atoms with Gasteiger partial charge in [0.15, 0.2) is 11.5 Å². The Hall–Kier alpha value is -3.25. The highest BCUT2D eigenvalue weighted by Gasteiger charge is 2.16. The zero-order valence-electron chi connectivity index (χ0n) is 14.5. The summed E-state index contributed by atoms with van der Waals surface area (Å²) in [6.07, 6.45) is 1.64. The molecule has 1 amide bonds. The molecule has 27 heavy (non-hydrogen) atoms. The normalized spacial score (nSPS) is 11.9. The minimum Gasteiger partial charge on any atom is -0.454 e. The number of hydrogen-bond acceptors (Lipinski definition) is 5. The van der Waals surface area contributed by atoms with Crippen molar-refractivity contribution >= 4 is 34.7 Å². The summed E-state index contributed by atoms with van der Waals surface area (Å²) in [6.45, 7) is 2.12. The van der Waals surface area contributed by atoms with Gasteiger partial charge in [-0.1, -0.05) is 17.7 Å². The molecule has 0 radical (unpaired) electrons. The van der Waals surface area contributed by atoms with Crippen molar-refractivity contribution in [1.29, 1.82) is 0 Å². The van der Waals surface area contributed by atoms with Crippen molar-refractivity contribution in [3.63, 3.8) is 0 Å². The number of hydrogen-bond donors (Lipinski definition) is 2. The van der Waals surface area contributed by atoms with Gasteiger partial charge in [0.05, 0.1) is 11.9 Å². The second kappa shape index (κ2) is 7.17. The van der Waals surface area contributed by atoms with E-state index in [0.29, 0.717) is 27.9 Å². The number of carbonyl (C=O) groups excluding carboxylic acids is 1. The minimum atomic E-state index is -0.271. The van der Waals surface area contributed by atoms with Crippen LogP contribution in [0.1, 0.15) is 15.9 Å². The van der Waals surface area contributed by atoms with E-state index < -0.39 is 0 Å². The van der Waals surface area contributed by atoms with Gasteiger partial charge in [-0.3, -0.25) is 4.79 Å². The molecule has 6 nitrogen and oxygen atoms in total. The van der Waals surface area contributed by atoms with E-state index in [-0.39, 0.29) is 12.7 Å². The first kappa shape index (κ1) is 17.2. The Balaban J connectivity index is 1.43. The summed E-state index contributed by atoms with van der Waals surface area (Å²) >= 11 is 6.14. The van der Waals surface area contributed by atoms with Gasteiger partial charge >= 0.3 is 0 Å². The maximum Gasteiger partial charge on any atom is 0.256 e. The lowest BCUT2D eigenvalue weighted by molar-refractivity contribution is 0.102. The fourth-order valence-corrected chi connectivity index (χ4v) is 2.79. The third-order valence-electron chi connectivity index (χ3n) is 4.10. The molecule has 7 heteroatoms. The van der Waals surface area contributed by atoms with Gasteiger partial charge in [-0.2, -0.15) is 0 Å². The number of aromatic nitrogens is 1. The lowest BCUT2D eigenvalue weighted by Crippen LogP contribution is -2.12. The van der Waals surface area contributed by atoms with Gasteiger partial charge in [0.25, 0.3) is 5.91 Å². The highest BCUT2D eigenvalue weighted by atomic mass is 35.5. The Labute approximate surface area is 161 Å². The van der Waals surface area contributed by atoms with Gasteiger partial charge in [0.1, 0.15) is 5.82 Å². The van der Waals surface area contributed by atoms with Crippen molar-refractivity contribution in [2.75, 3.05) is 17.4 Å². The van der Waals surface area contributed by atoms with Crippen LogP contribution in [0, 0.1) is 6.92 Å². The van der Waals surface area contributed by atoms with Gasteiger partial charge in [-0.25, -0.2) is 4.98 Å². The van der Waals surface area contributed by atoms with Crippen molar-refractivity contribution in [2.45, 2.75) is 6.92 Å². The van der Waals surface area contributed by atoms with Gasteiger partial charge < -0.3 is 20.1 Å². The number of fused-ring (bicyclic) bond motifs is 1. The third-order valence-corrected chi connectivity index (χ3v) is 4.51. The van der Waals surface area contributed by atoms with Crippen LogP contribution in [0.3, 0.4) is 0 Å². The molecule has 0 saturated heterocycles. The molecule has 2 N–H and O–H groups in total. The van der Waals surface area contributed by atoms with E-state index in [1.807, 2.05) is 31.2 Å². The number of anilines is 3. The zero-order valence-corrected chi connectivity index (χ0v) is 15.2. The summed E-state index contributed by atoms with van der Waals surface area (Å²) in [6, 6.07) is 14.3. The number of nitrogens with one attached hydrogen (secondary N) is 2. The van der Waals surface area contributed by atoms with Crippen LogP contribution >= 0.6 is 11.6 Å². The number of pyridine rings is 1. The molecule has 0 saturated carbocycles. The van der Waals surface area contributed by atoms with E-state index in [1.54, 1.807) is 30.5 Å².